The van der Waals surface area contributed by atoms with Gasteiger partial charge in [0, 0.05) is 11.8 Å². The van der Waals surface area contributed by atoms with Crippen LogP contribution in [0.3, 0.4) is 0 Å². The molecule has 1 saturated heterocycles. The van der Waals surface area contributed by atoms with E-state index in [1.807, 2.05) is 12.1 Å². The summed E-state index contributed by atoms with van der Waals surface area (Å²) in [6, 6.07) is 10.5. The summed E-state index contributed by atoms with van der Waals surface area (Å²) in [6.07, 6.45) is -2.70. The second-order valence-electron chi connectivity index (χ2n) is 7.26. The average molecular weight is 415 g/mol. The number of carbonyl (C=O) groups is 3. The Balaban J connectivity index is 1.31. The zero-order chi connectivity index (χ0) is 21.1. The number of alkyl halides is 2. The Morgan fingerprint density at radius 1 is 1.13 bits per heavy atom. The smallest absolute Gasteiger partial charge is 0.395 e. The highest BCUT2D eigenvalue weighted by Crippen LogP contribution is 2.43. The van der Waals surface area contributed by atoms with Gasteiger partial charge in [0.15, 0.2) is 11.5 Å². The summed E-state index contributed by atoms with van der Waals surface area (Å²) in [5.41, 5.74) is 0.726. The van der Waals surface area contributed by atoms with Crippen molar-refractivity contribution >= 4 is 23.5 Å². The third-order valence-corrected chi connectivity index (χ3v) is 5.41. The number of rotatable bonds is 3. The number of nitrogens with one attached hydrogen (secondary N) is 2. The predicted molar refractivity (Wildman–Crippen MR) is 98.0 cm³/mol. The summed E-state index contributed by atoms with van der Waals surface area (Å²) >= 11 is 0. The number of benzene rings is 2. The normalized spacial score (nSPS) is 22.9. The second-order valence-corrected chi connectivity index (χ2v) is 7.26. The number of hydrogen-bond acceptors (Lipinski definition) is 5. The van der Waals surface area contributed by atoms with Gasteiger partial charge in [0.2, 0.25) is 5.91 Å². The first-order chi connectivity index (χ1) is 14.3. The molecule has 2 aliphatic heterocycles. The van der Waals surface area contributed by atoms with Crippen LogP contribution in [0.15, 0.2) is 42.5 Å². The largest absolute Gasteiger partial charge is 0.586 e. The Morgan fingerprint density at radius 2 is 1.90 bits per heavy atom. The molecule has 1 spiro atoms. The van der Waals surface area contributed by atoms with Crippen LogP contribution in [0.2, 0.25) is 0 Å². The van der Waals surface area contributed by atoms with Gasteiger partial charge in [0.05, 0.1) is 0 Å². The molecular formula is C20H15F2N3O5. The van der Waals surface area contributed by atoms with Crippen LogP contribution in [0.25, 0.3) is 0 Å². The lowest BCUT2D eigenvalue weighted by molar-refractivity contribution is -0.286. The summed E-state index contributed by atoms with van der Waals surface area (Å²) in [4.78, 5) is 38.8. The monoisotopic (exact) mass is 415 g/mol. The molecule has 3 aliphatic rings. The second kappa shape index (κ2) is 6.15. The van der Waals surface area contributed by atoms with Crippen LogP contribution in [-0.2, 0) is 21.5 Å². The van der Waals surface area contributed by atoms with E-state index in [9.17, 15) is 23.2 Å². The molecule has 2 aromatic carbocycles. The lowest BCUT2D eigenvalue weighted by Crippen LogP contribution is -2.42. The van der Waals surface area contributed by atoms with Gasteiger partial charge in [-0.3, -0.25) is 14.5 Å². The molecule has 2 aromatic rings. The molecule has 1 atom stereocenters. The van der Waals surface area contributed by atoms with Crippen molar-refractivity contribution in [2.75, 3.05) is 11.9 Å². The molecule has 0 bridgehead atoms. The van der Waals surface area contributed by atoms with E-state index in [0.717, 1.165) is 16.0 Å². The van der Waals surface area contributed by atoms with Crippen molar-refractivity contribution in [3.05, 3.63) is 53.6 Å². The van der Waals surface area contributed by atoms with Gasteiger partial charge in [-0.05, 0) is 36.1 Å². The van der Waals surface area contributed by atoms with Crippen molar-refractivity contribution in [1.29, 1.82) is 0 Å². The van der Waals surface area contributed by atoms with Crippen molar-refractivity contribution in [2.24, 2.45) is 0 Å². The minimum Gasteiger partial charge on any atom is -0.395 e. The fourth-order valence-electron chi connectivity index (χ4n) is 4.10. The van der Waals surface area contributed by atoms with E-state index in [1.54, 1.807) is 12.1 Å². The first kappa shape index (κ1) is 18.3. The quantitative estimate of drug-likeness (QED) is 0.751. The molecule has 0 aromatic heterocycles. The van der Waals surface area contributed by atoms with Crippen LogP contribution in [0.5, 0.6) is 11.5 Å². The SMILES string of the molecule is O=C(CN1C(=O)NC2(CCc3ccccc32)C1=O)Nc1ccc2c(c1)OC(F)(F)O2. The van der Waals surface area contributed by atoms with Crippen LogP contribution < -0.4 is 20.1 Å². The molecule has 154 valence electrons. The van der Waals surface area contributed by atoms with E-state index in [0.29, 0.717) is 12.8 Å². The van der Waals surface area contributed by atoms with Crippen molar-refractivity contribution in [2.45, 2.75) is 24.7 Å². The Kier molecular flexibility index (Phi) is 3.76. The number of fused-ring (bicyclic) bond motifs is 3. The van der Waals surface area contributed by atoms with Gasteiger partial charge in [-0.15, -0.1) is 8.78 Å². The molecule has 1 aliphatic carbocycles. The highest BCUT2D eigenvalue weighted by atomic mass is 19.3. The summed E-state index contributed by atoms with van der Waals surface area (Å²) < 4.78 is 34.9. The van der Waals surface area contributed by atoms with E-state index in [-0.39, 0.29) is 17.2 Å². The summed E-state index contributed by atoms with van der Waals surface area (Å²) in [5, 5.41) is 5.21. The number of hydrogen-bond donors (Lipinski definition) is 2. The van der Waals surface area contributed by atoms with E-state index in [1.165, 1.54) is 18.2 Å². The first-order valence-electron chi connectivity index (χ1n) is 9.20. The molecule has 0 saturated carbocycles. The van der Waals surface area contributed by atoms with Gasteiger partial charge in [0.25, 0.3) is 5.91 Å². The topological polar surface area (TPSA) is 97.0 Å². The molecule has 10 heteroatoms. The number of carbonyl (C=O) groups excluding carboxylic acids is 3. The maximum absolute atomic E-state index is 13.1. The van der Waals surface area contributed by atoms with Crippen LogP contribution >= 0.6 is 0 Å². The van der Waals surface area contributed by atoms with Gasteiger partial charge in [-0.25, -0.2) is 4.79 Å². The van der Waals surface area contributed by atoms with Gasteiger partial charge in [-0.2, -0.15) is 0 Å². The number of urea groups is 1. The fraction of sp³-hybridized carbons (Fsp3) is 0.250. The highest BCUT2D eigenvalue weighted by Gasteiger charge is 2.55. The molecule has 30 heavy (non-hydrogen) atoms. The molecule has 5 rings (SSSR count). The van der Waals surface area contributed by atoms with Crippen molar-refractivity contribution in [3.63, 3.8) is 0 Å². The maximum atomic E-state index is 13.1. The lowest BCUT2D eigenvalue weighted by Gasteiger charge is -2.22. The number of amides is 4. The Bertz CT molecular complexity index is 1110. The van der Waals surface area contributed by atoms with Crippen LogP contribution in [-0.4, -0.2) is 35.6 Å². The zero-order valence-electron chi connectivity index (χ0n) is 15.4. The van der Waals surface area contributed by atoms with Gasteiger partial charge in [0.1, 0.15) is 12.1 Å². The van der Waals surface area contributed by atoms with Gasteiger partial charge < -0.3 is 20.1 Å². The van der Waals surface area contributed by atoms with E-state index >= 15 is 0 Å². The molecular weight excluding hydrogens is 400 g/mol. The van der Waals surface area contributed by atoms with E-state index in [2.05, 4.69) is 20.1 Å². The lowest BCUT2D eigenvalue weighted by atomic mass is 9.92. The summed E-state index contributed by atoms with van der Waals surface area (Å²) in [7, 11) is 0. The maximum Gasteiger partial charge on any atom is 0.586 e. The number of nitrogens with zero attached hydrogens (tertiary/aromatic N) is 1. The molecule has 0 radical (unpaired) electrons. The van der Waals surface area contributed by atoms with Crippen molar-refractivity contribution < 1.29 is 32.6 Å². The molecule has 2 heterocycles. The Labute approximate surface area is 168 Å². The number of anilines is 1. The molecule has 2 N–H and O–H groups in total. The summed E-state index contributed by atoms with van der Waals surface area (Å²) in [6.45, 7) is -0.515. The number of imide groups is 1. The molecule has 4 amide bonds. The fourth-order valence-corrected chi connectivity index (χ4v) is 4.10. The first-order valence-corrected chi connectivity index (χ1v) is 9.20. The van der Waals surface area contributed by atoms with Crippen molar-refractivity contribution in [3.8, 4) is 11.5 Å². The Hall–Kier alpha value is -3.69. The zero-order valence-corrected chi connectivity index (χ0v) is 15.4. The summed E-state index contributed by atoms with van der Waals surface area (Å²) in [5.74, 6) is -1.53. The van der Waals surface area contributed by atoms with Crippen LogP contribution in [0, 0.1) is 0 Å². The average Bonchev–Trinajstić information content (AvgIpc) is 3.29. The van der Waals surface area contributed by atoms with E-state index < -0.39 is 36.2 Å². The number of aryl methyl sites for hydroxylation is 1. The highest BCUT2D eigenvalue weighted by molar-refractivity contribution is 6.11. The predicted octanol–water partition coefficient (Wildman–Crippen LogP) is 2.34. The van der Waals surface area contributed by atoms with Crippen LogP contribution in [0.1, 0.15) is 17.5 Å². The standard InChI is InChI=1S/C20H15F2N3O5/c21-20(22)29-14-6-5-12(9-15(14)30-20)23-16(26)10-25-17(27)19(24-18(25)28)8-7-11-3-1-2-4-13(11)19/h1-6,9H,7-8,10H2,(H,23,26)(H,24,28). The molecule has 1 fully saturated rings. The van der Waals surface area contributed by atoms with Gasteiger partial charge in [-0.1, -0.05) is 24.3 Å². The molecule has 1 unspecified atom stereocenters. The number of halogens is 2. The van der Waals surface area contributed by atoms with Gasteiger partial charge >= 0.3 is 12.3 Å². The van der Waals surface area contributed by atoms with Crippen LogP contribution in [0.4, 0.5) is 19.3 Å². The minimum atomic E-state index is -3.77. The minimum absolute atomic E-state index is 0.158. The van der Waals surface area contributed by atoms with E-state index in [4.69, 9.17) is 0 Å². The third kappa shape index (κ3) is 2.75. The number of ether oxygens (including phenoxy) is 2. The third-order valence-electron chi connectivity index (χ3n) is 5.41. The van der Waals surface area contributed by atoms with Crippen molar-refractivity contribution in [1.82, 2.24) is 10.2 Å². The Morgan fingerprint density at radius 3 is 2.73 bits per heavy atom. The molecule has 8 nitrogen and oxygen atoms in total.